The number of aromatic nitrogens is 2. The predicted octanol–water partition coefficient (Wildman–Crippen LogP) is 10.3. The van der Waals surface area contributed by atoms with E-state index in [0.29, 0.717) is 17.5 Å². The van der Waals surface area contributed by atoms with E-state index in [4.69, 9.17) is 24.4 Å². The molecular formula is C44H44N4O2Pt. The summed E-state index contributed by atoms with van der Waals surface area (Å²) in [6.07, 6.45) is 1.90. The molecule has 0 spiro atoms. The number of pyridine rings is 2. The first-order chi connectivity index (χ1) is 23.5. The summed E-state index contributed by atoms with van der Waals surface area (Å²) in [5.74, 6) is 2.27. The summed E-state index contributed by atoms with van der Waals surface area (Å²) in [6.45, 7) is 22.0. The van der Waals surface area contributed by atoms with Crippen LogP contribution in [-0.4, -0.2) is 21.5 Å². The van der Waals surface area contributed by atoms with E-state index in [2.05, 4.69) is 146 Å². The maximum atomic E-state index is 6.86. The molecule has 0 saturated carbocycles. The number of hydrogen-bond acceptors (Lipinski definition) is 6. The fraction of sp³-hybridized carbons (Fsp3) is 0.341. The number of ether oxygens (including phenoxy) is 2. The van der Waals surface area contributed by atoms with Gasteiger partial charge in [0.1, 0.15) is 22.9 Å². The molecule has 0 saturated heterocycles. The van der Waals surface area contributed by atoms with E-state index >= 15 is 0 Å². The molecule has 7 heteroatoms. The third-order valence-electron chi connectivity index (χ3n) is 11.6. The van der Waals surface area contributed by atoms with Gasteiger partial charge in [-0.2, -0.15) is 6.07 Å². The van der Waals surface area contributed by atoms with Gasteiger partial charge in [-0.15, -0.1) is 35.4 Å². The zero-order chi connectivity index (χ0) is 35.4. The standard InChI is InChI=1S/C44H44N4O2.Pt/c1-27-23-28(39-47-43(9)32-16-12-11-15-31(32)42(7,8)44(43,10)50-39)24-38(46-27)49-30-19-20-34-36(26-30)48(35-18-14-13-17-33(35)41(34,5)6)37-25-29(21-22-45-37)40(2,3)4;/h11-23,25H,1-10H3;/q-2;+2/t43-,44+;/m1./s1. The van der Waals surface area contributed by atoms with Gasteiger partial charge in [-0.1, -0.05) is 96.6 Å². The predicted molar refractivity (Wildman–Crippen MR) is 199 cm³/mol. The Morgan fingerprint density at radius 2 is 1.47 bits per heavy atom. The number of benzene rings is 3. The van der Waals surface area contributed by atoms with Crippen molar-refractivity contribution >= 4 is 23.1 Å². The van der Waals surface area contributed by atoms with Gasteiger partial charge in [-0.05, 0) is 77.7 Å². The van der Waals surface area contributed by atoms with Gasteiger partial charge in [-0.25, -0.2) is 9.97 Å². The van der Waals surface area contributed by atoms with E-state index in [0.717, 1.165) is 34.0 Å². The molecule has 0 N–H and O–H groups in total. The fourth-order valence-corrected chi connectivity index (χ4v) is 8.26. The minimum absolute atomic E-state index is 0. The number of fused-ring (bicyclic) bond motifs is 5. The average molecular weight is 856 g/mol. The fourth-order valence-electron chi connectivity index (χ4n) is 8.26. The first-order valence-corrected chi connectivity index (χ1v) is 17.5. The van der Waals surface area contributed by atoms with Gasteiger partial charge in [-0.3, -0.25) is 4.99 Å². The van der Waals surface area contributed by atoms with Crippen molar-refractivity contribution < 1.29 is 30.5 Å². The van der Waals surface area contributed by atoms with Crippen LogP contribution in [0.15, 0.2) is 90.1 Å². The number of para-hydroxylation sites is 1. The van der Waals surface area contributed by atoms with Gasteiger partial charge in [0.05, 0.1) is 0 Å². The summed E-state index contributed by atoms with van der Waals surface area (Å²) < 4.78 is 13.4. The Balaban J connectivity index is 0.00000406. The maximum absolute atomic E-state index is 6.86. The quantitative estimate of drug-likeness (QED) is 0.169. The van der Waals surface area contributed by atoms with E-state index in [9.17, 15) is 0 Å². The molecule has 2 aliphatic heterocycles. The van der Waals surface area contributed by atoms with Crippen LogP contribution in [0.25, 0.3) is 0 Å². The van der Waals surface area contributed by atoms with E-state index in [1.807, 2.05) is 25.3 Å². The summed E-state index contributed by atoms with van der Waals surface area (Å²) in [6, 6.07) is 34.5. The van der Waals surface area contributed by atoms with Crippen LogP contribution in [0.2, 0.25) is 0 Å². The van der Waals surface area contributed by atoms with Crippen LogP contribution in [0.4, 0.5) is 17.2 Å². The number of rotatable bonds is 4. The summed E-state index contributed by atoms with van der Waals surface area (Å²) in [5.41, 5.74) is 7.83. The Morgan fingerprint density at radius 3 is 2.20 bits per heavy atom. The minimum atomic E-state index is -0.581. The number of aliphatic imine (C=N–C) groups is 1. The largest absolute Gasteiger partial charge is 2.00 e. The molecular weight excluding hydrogens is 812 g/mol. The zero-order valence-corrected chi connectivity index (χ0v) is 33.3. The van der Waals surface area contributed by atoms with Crippen LogP contribution in [0.5, 0.6) is 11.6 Å². The van der Waals surface area contributed by atoms with Crippen LogP contribution < -0.4 is 9.64 Å². The molecule has 0 fully saturated rings. The molecule has 2 aromatic heterocycles. The third kappa shape index (κ3) is 5.11. The van der Waals surface area contributed by atoms with E-state index < -0.39 is 11.1 Å². The Bertz CT molecular complexity index is 2240. The van der Waals surface area contributed by atoms with E-state index in [1.165, 1.54) is 22.3 Å². The van der Waals surface area contributed by atoms with Crippen LogP contribution in [-0.2, 0) is 47.6 Å². The number of aryl methyl sites for hydroxylation is 1. The zero-order valence-electron chi connectivity index (χ0n) is 31.0. The smallest absolute Gasteiger partial charge is 0.525 e. The summed E-state index contributed by atoms with van der Waals surface area (Å²) in [5, 5.41) is 0. The van der Waals surface area contributed by atoms with Crippen LogP contribution in [0.1, 0.15) is 101 Å². The molecule has 4 heterocycles. The molecule has 0 bridgehead atoms. The Kier molecular flexibility index (Phi) is 8.00. The van der Waals surface area contributed by atoms with Crippen molar-refractivity contribution in [2.75, 3.05) is 4.90 Å². The molecule has 0 radical (unpaired) electrons. The molecule has 51 heavy (non-hydrogen) atoms. The van der Waals surface area contributed by atoms with Gasteiger partial charge in [0.25, 0.3) is 0 Å². The molecule has 1 aliphatic carbocycles. The van der Waals surface area contributed by atoms with Crippen LogP contribution in [0.3, 0.4) is 0 Å². The summed E-state index contributed by atoms with van der Waals surface area (Å²) >= 11 is 0. The van der Waals surface area contributed by atoms with Crippen molar-refractivity contribution in [1.29, 1.82) is 0 Å². The molecule has 5 aromatic rings. The van der Waals surface area contributed by atoms with Crippen molar-refractivity contribution in [3.05, 3.63) is 136 Å². The Labute approximate surface area is 316 Å². The summed E-state index contributed by atoms with van der Waals surface area (Å²) in [7, 11) is 0. The topological polar surface area (TPSA) is 59.8 Å². The molecule has 3 aromatic carbocycles. The second-order valence-electron chi connectivity index (χ2n) is 16.4. The second kappa shape index (κ2) is 11.6. The van der Waals surface area contributed by atoms with E-state index in [1.54, 1.807) is 0 Å². The molecule has 0 unspecified atom stereocenters. The van der Waals surface area contributed by atoms with E-state index in [-0.39, 0.29) is 37.3 Å². The van der Waals surface area contributed by atoms with Crippen molar-refractivity contribution in [2.45, 2.75) is 96.6 Å². The first kappa shape index (κ1) is 35.1. The molecule has 0 amide bonds. The van der Waals surface area contributed by atoms with Crippen LogP contribution in [0, 0.1) is 19.1 Å². The Morgan fingerprint density at radius 1 is 0.784 bits per heavy atom. The van der Waals surface area contributed by atoms with Crippen molar-refractivity contribution in [2.24, 2.45) is 4.99 Å². The monoisotopic (exact) mass is 855 g/mol. The van der Waals surface area contributed by atoms with Gasteiger partial charge < -0.3 is 14.4 Å². The number of anilines is 3. The summed E-state index contributed by atoms with van der Waals surface area (Å²) in [4.78, 5) is 17.1. The molecule has 262 valence electrons. The average Bonchev–Trinajstić information content (AvgIpc) is 3.42. The Hall–Kier alpha value is -4.28. The molecule has 3 aliphatic rings. The molecule has 2 atom stereocenters. The second-order valence-corrected chi connectivity index (χ2v) is 16.4. The van der Waals surface area contributed by atoms with Gasteiger partial charge >= 0.3 is 21.1 Å². The van der Waals surface area contributed by atoms with Gasteiger partial charge in [0.2, 0.25) is 0 Å². The maximum Gasteiger partial charge on any atom is 2.00 e. The number of nitrogens with zero attached hydrogens (tertiary/aromatic N) is 4. The third-order valence-corrected chi connectivity index (χ3v) is 11.6. The van der Waals surface area contributed by atoms with Crippen LogP contribution >= 0.6 is 0 Å². The van der Waals surface area contributed by atoms with Gasteiger partial charge in [0.15, 0.2) is 5.88 Å². The number of hydrogen-bond donors (Lipinski definition) is 0. The normalized spacial score (nSPS) is 22.1. The minimum Gasteiger partial charge on any atom is -0.525 e. The van der Waals surface area contributed by atoms with Crippen molar-refractivity contribution in [3.63, 3.8) is 0 Å². The molecule has 6 nitrogen and oxygen atoms in total. The SMILES string of the molecule is Cc1cc(C2=N[C@]3(C)c4ccccc4C(C)(C)[C@]3(C)O2)[c-]c(Oc2[c-]c3c(cc2)C(C)(C)c2ccccc2N3c2cc(C(C)(C)C)ccn2)n1.[Pt+2]. The van der Waals surface area contributed by atoms with Crippen molar-refractivity contribution in [3.8, 4) is 11.6 Å². The van der Waals surface area contributed by atoms with Crippen molar-refractivity contribution in [1.82, 2.24) is 9.97 Å². The van der Waals surface area contributed by atoms with Gasteiger partial charge in [0, 0.05) is 23.0 Å². The molecule has 8 rings (SSSR count). The first-order valence-electron chi connectivity index (χ1n) is 17.5.